The summed E-state index contributed by atoms with van der Waals surface area (Å²) >= 11 is 0. The van der Waals surface area contributed by atoms with Gasteiger partial charge in [-0.3, -0.25) is 0 Å². The van der Waals surface area contributed by atoms with Crippen LogP contribution in [-0.2, 0) is 9.63 Å². The van der Waals surface area contributed by atoms with E-state index in [1.54, 1.807) is 6.92 Å². The molecule has 0 aromatic heterocycles. The van der Waals surface area contributed by atoms with Crippen molar-refractivity contribution in [1.82, 2.24) is 0 Å². The molecule has 0 amide bonds. The maximum Gasteiger partial charge on any atom is 0.351 e. The average Bonchev–Trinajstić information content (AvgIpc) is 2.49. The number of hydrogen-bond acceptors (Lipinski definition) is 3. The van der Waals surface area contributed by atoms with Crippen molar-refractivity contribution >= 4 is 11.7 Å². The molecule has 0 aromatic carbocycles. The van der Waals surface area contributed by atoms with E-state index in [9.17, 15) is 4.79 Å². The van der Waals surface area contributed by atoms with Crippen LogP contribution >= 0.6 is 0 Å². The van der Waals surface area contributed by atoms with E-state index in [0.717, 1.165) is 5.71 Å². The van der Waals surface area contributed by atoms with E-state index in [2.05, 4.69) is 5.16 Å². The van der Waals surface area contributed by atoms with Gasteiger partial charge in [0, 0.05) is 6.42 Å². The fraction of sp³-hybridized carbons (Fsp3) is 0.778. The Kier molecular flexibility index (Phi) is 2.59. The van der Waals surface area contributed by atoms with Crippen LogP contribution < -0.4 is 0 Å². The van der Waals surface area contributed by atoms with Crippen molar-refractivity contribution in [3.05, 3.63) is 0 Å². The lowest BCUT2D eigenvalue weighted by molar-refractivity contribution is -0.162. The van der Waals surface area contributed by atoms with Crippen molar-refractivity contribution in [3.8, 4) is 0 Å². The van der Waals surface area contributed by atoms with Gasteiger partial charge in [-0.1, -0.05) is 25.9 Å². The molecule has 4 nitrogen and oxygen atoms in total. The fourth-order valence-electron chi connectivity index (χ4n) is 1.27. The summed E-state index contributed by atoms with van der Waals surface area (Å²) in [6.07, 6.45) is 0.860. The summed E-state index contributed by atoms with van der Waals surface area (Å²) in [6, 6.07) is 0. The Hall–Kier alpha value is -1.06. The molecule has 74 valence electrons. The molecule has 0 radical (unpaired) electrons. The van der Waals surface area contributed by atoms with Crippen LogP contribution in [0.3, 0.4) is 0 Å². The highest BCUT2D eigenvalue weighted by atomic mass is 16.7. The predicted molar refractivity (Wildman–Crippen MR) is 48.6 cm³/mol. The molecule has 1 rings (SSSR count). The van der Waals surface area contributed by atoms with Crippen LogP contribution in [0.2, 0.25) is 0 Å². The number of aliphatic carboxylic acids is 1. The first-order valence-corrected chi connectivity index (χ1v) is 4.50. The summed E-state index contributed by atoms with van der Waals surface area (Å²) in [7, 11) is 0. The Morgan fingerprint density at radius 2 is 2.38 bits per heavy atom. The second-order valence-corrected chi connectivity index (χ2v) is 3.66. The first-order chi connectivity index (χ1) is 6.02. The fourth-order valence-corrected chi connectivity index (χ4v) is 1.27. The second kappa shape index (κ2) is 3.36. The van der Waals surface area contributed by atoms with Crippen LogP contribution in [0.25, 0.3) is 0 Å². The first kappa shape index (κ1) is 10.0. The molecule has 1 aliphatic rings. The minimum absolute atomic E-state index is 0.257. The Labute approximate surface area is 77.6 Å². The third kappa shape index (κ3) is 1.66. The maximum absolute atomic E-state index is 10.9. The molecule has 0 saturated heterocycles. The molecule has 0 fully saturated rings. The SMILES string of the molecule is CCC1(C(=O)O)CC(C(C)C)=NO1. The van der Waals surface area contributed by atoms with Crippen molar-refractivity contribution in [2.75, 3.05) is 0 Å². The number of carbonyl (C=O) groups is 1. The molecule has 4 heteroatoms. The minimum atomic E-state index is -1.10. The van der Waals surface area contributed by atoms with Gasteiger partial charge in [0.2, 0.25) is 5.60 Å². The standard InChI is InChI=1S/C9H15NO3/c1-4-9(8(11)12)5-7(6(2)3)10-13-9/h6H,4-5H2,1-3H3,(H,11,12). The highest BCUT2D eigenvalue weighted by molar-refractivity contribution is 5.94. The van der Waals surface area contributed by atoms with Gasteiger partial charge in [0.15, 0.2) is 0 Å². The number of carboxylic acids is 1. The van der Waals surface area contributed by atoms with Crippen LogP contribution in [0.15, 0.2) is 5.16 Å². The van der Waals surface area contributed by atoms with Crippen LogP contribution in [0, 0.1) is 5.92 Å². The molecule has 1 aliphatic heterocycles. The van der Waals surface area contributed by atoms with Gasteiger partial charge in [-0.15, -0.1) is 0 Å². The molecule has 0 aromatic rings. The number of oxime groups is 1. The minimum Gasteiger partial charge on any atom is -0.478 e. The van der Waals surface area contributed by atoms with Gasteiger partial charge < -0.3 is 9.94 Å². The van der Waals surface area contributed by atoms with Crippen molar-refractivity contribution in [3.63, 3.8) is 0 Å². The molecule has 0 spiro atoms. The van der Waals surface area contributed by atoms with E-state index in [-0.39, 0.29) is 5.92 Å². The summed E-state index contributed by atoms with van der Waals surface area (Å²) in [5.41, 5.74) is -0.260. The smallest absolute Gasteiger partial charge is 0.351 e. The van der Waals surface area contributed by atoms with Gasteiger partial charge in [0.25, 0.3) is 0 Å². The second-order valence-electron chi connectivity index (χ2n) is 3.66. The zero-order chi connectivity index (χ0) is 10.1. The van der Waals surface area contributed by atoms with Gasteiger partial charge in [0.05, 0.1) is 5.71 Å². The van der Waals surface area contributed by atoms with Crippen molar-refractivity contribution in [1.29, 1.82) is 0 Å². The van der Waals surface area contributed by atoms with E-state index in [1.165, 1.54) is 0 Å². The molecule has 0 aliphatic carbocycles. The molecule has 0 bridgehead atoms. The number of hydrogen-bond donors (Lipinski definition) is 1. The van der Waals surface area contributed by atoms with Crippen molar-refractivity contribution in [2.45, 2.75) is 39.2 Å². The molecule has 1 unspecified atom stereocenters. The van der Waals surface area contributed by atoms with E-state index >= 15 is 0 Å². The van der Waals surface area contributed by atoms with Crippen LogP contribution in [0.1, 0.15) is 33.6 Å². The Morgan fingerprint density at radius 1 is 1.77 bits per heavy atom. The van der Waals surface area contributed by atoms with Gasteiger partial charge in [0.1, 0.15) is 0 Å². The summed E-state index contributed by atoms with van der Waals surface area (Å²) in [4.78, 5) is 15.9. The number of carboxylic acid groups (broad SMARTS) is 1. The zero-order valence-corrected chi connectivity index (χ0v) is 8.20. The topological polar surface area (TPSA) is 58.9 Å². The summed E-state index contributed by atoms with van der Waals surface area (Å²) in [5, 5.41) is 12.8. The highest BCUT2D eigenvalue weighted by Crippen LogP contribution is 2.29. The Balaban J connectivity index is 2.75. The number of nitrogens with zero attached hydrogens (tertiary/aromatic N) is 1. The van der Waals surface area contributed by atoms with Gasteiger partial charge in [-0.25, -0.2) is 4.79 Å². The quantitative estimate of drug-likeness (QED) is 0.727. The lowest BCUT2D eigenvalue weighted by Gasteiger charge is -2.19. The average molecular weight is 185 g/mol. The van der Waals surface area contributed by atoms with E-state index < -0.39 is 11.6 Å². The highest BCUT2D eigenvalue weighted by Gasteiger charge is 2.45. The van der Waals surface area contributed by atoms with E-state index in [0.29, 0.717) is 12.8 Å². The first-order valence-electron chi connectivity index (χ1n) is 4.50. The van der Waals surface area contributed by atoms with Crippen LogP contribution in [0.5, 0.6) is 0 Å². The van der Waals surface area contributed by atoms with Gasteiger partial charge >= 0.3 is 5.97 Å². The lowest BCUT2D eigenvalue weighted by atomic mass is 9.91. The van der Waals surface area contributed by atoms with E-state index in [1.807, 2.05) is 13.8 Å². The van der Waals surface area contributed by atoms with Crippen LogP contribution in [0.4, 0.5) is 0 Å². The monoisotopic (exact) mass is 185 g/mol. The van der Waals surface area contributed by atoms with Gasteiger partial charge in [-0.2, -0.15) is 0 Å². The van der Waals surface area contributed by atoms with Crippen LogP contribution in [-0.4, -0.2) is 22.4 Å². The zero-order valence-electron chi connectivity index (χ0n) is 8.20. The van der Waals surface area contributed by atoms with E-state index in [4.69, 9.17) is 9.94 Å². The summed E-state index contributed by atoms with van der Waals surface area (Å²) in [5.74, 6) is -0.665. The number of rotatable bonds is 3. The normalized spacial score (nSPS) is 27.2. The molecule has 1 atom stereocenters. The molecular weight excluding hydrogens is 170 g/mol. The maximum atomic E-state index is 10.9. The third-order valence-corrected chi connectivity index (χ3v) is 2.43. The third-order valence-electron chi connectivity index (χ3n) is 2.43. The summed E-state index contributed by atoms with van der Waals surface area (Å²) in [6.45, 7) is 5.76. The molecule has 1 heterocycles. The van der Waals surface area contributed by atoms with Gasteiger partial charge in [-0.05, 0) is 12.3 Å². The lowest BCUT2D eigenvalue weighted by Crippen LogP contribution is -2.38. The Morgan fingerprint density at radius 3 is 2.62 bits per heavy atom. The largest absolute Gasteiger partial charge is 0.478 e. The molecule has 13 heavy (non-hydrogen) atoms. The van der Waals surface area contributed by atoms with Crippen molar-refractivity contribution < 1.29 is 14.7 Å². The van der Waals surface area contributed by atoms with Crippen molar-refractivity contribution in [2.24, 2.45) is 11.1 Å². The Bertz CT molecular complexity index is 247. The summed E-state index contributed by atoms with van der Waals surface area (Å²) < 4.78 is 0. The predicted octanol–water partition coefficient (Wildman–Crippen LogP) is 1.65. The molecular formula is C9H15NO3. The molecule has 1 N–H and O–H groups in total. The molecule has 0 saturated carbocycles.